The van der Waals surface area contributed by atoms with E-state index in [4.69, 9.17) is 9.97 Å². The van der Waals surface area contributed by atoms with Gasteiger partial charge in [-0.2, -0.15) is 4.98 Å². The molecule has 0 saturated heterocycles. The minimum atomic E-state index is -0.0206. The van der Waals surface area contributed by atoms with Crippen LogP contribution in [0.3, 0.4) is 0 Å². The number of aromatic nitrogens is 2. The topological polar surface area (TPSA) is 70.2 Å². The highest BCUT2D eigenvalue weighted by Crippen LogP contribution is 2.30. The first kappa shape index (κ1) is 22.3. The van der Waals surface area contributed by atoms with Crippen molar-refractivity contribution in [2.24, 2.45) is 5.92 Å². The standard InChI is InChI=1S/C26H35N5O/c1-31(2)25-22-10-6-7-11-23(22)29-26(30-25)28-21-15-12-20(13-16-21)18-27-24(32)17-14-19-8-4-3-5-9-19/h3-5,8-9,14,17,20-21H,6-7,10-13,15-16,18H2,1-2H3,(H,27,32)(H,28,29,30)/b17-14+. The zero-order valence-electron chi connectivity index (χ0n) is 19.3. The summed E-state index contributed by atoms with van der Waals surface area (Å²) < 4.78 is 0. The molecule has 0 atom stereocenters. The Morgan fingerprint density at radius 1 is 1.06 bits per heavy atom. The van der Waals surface area contributed by atoms with Gasteiger partial charge in [0.25, 0.3) is 0 Å². The molecule has 2 aliphatic carbocycles. The zero-order valence-corrected chi connectivity index (χ0v) is 19.3. The van der Waals surface area contributed by atoms with Crippen molar-refractivity contribution in [1.82, 2.24) is 15.3 Å². The van der Waals surface area contributed by atoms with Crippen LogP contribution in [0, 0.1) is 5.92 Å². The lowest BCUT2D eigenvalue weighted by Crippen LogP contribution is -2.33. The molecule has 2 aromatic rings. The molecular formula is C26H35N5O. The molecule has 1 aromatic heterocycles. The van der Waals surface area contributed by atoms with Gasteiger partial charge in [-0.05, 0) is 68.9 Å². The second-order valence-electron chi connectivity index (χ2n) is 9.25. The van der Waals surface area contributed by atoms with E-state index in [1.165, 1.54) is 24.1 Å². The van der Waals surface area contributed by atoms with Crippen LogP contribution in [0.15, 0.2) is 36.4 Å². The summed E-state index contributed by atoms with van der Waals surface area (Å²) in [6.07, 6.45) is 12.4. The molecule has 6 heteroatoms. The lowest BCUT2D eigenvalue weighted by molar-refractivity contribution is -0.116. The van der Waals surface area contributed by atoms with Crippen molar-refractivity contribution in [2.45, 2.75) is 57.4 Å². The number of aryl methyl sites for hydroxylation is 1. The van der Waals surface area contributed by atoms with Gasteiger partial charge in [0, 0.05) is 38.3 Å². The van der Waals surface area contributed by atoms with Gasteiger partial charge in [-0.15, -0.1) is 0 Å². The molecule has 0 radical (unpaired) electrons. The van der Waals surface area contributed by atoms with E-state index < -0.39 is 0 Å². The summed E-state index contributed by atoms with van der Waals surface area (Å²) in [6, 6.07) is 10.3. The van der Waals surface area contributed by atoms with Gasteiger partial charge < -0.3 is 15.5 Å². The largest absolute Gasteiger partial charge is 0.362 e. The first-order chi connectivity index (χ1) is 15.6. The summed E-state index contributed by atoms with van der Waals surface area (Å²) in [4.78, 5) is 24.0. The van der Waals surface area contributed by atoms with E-state index in [0.717, 1.165) is 62.4 Å². The molecule has 0 bridgehead atoms. The molecule has 32 heavy (non-hydrogen) atoms. The number of nitrogens with zero attached hydrogens (tertiary/aromatic N) is 3. The van der Waals surface area contributed by atoms with Crippen LogP contribution in [-0.2, 0) is 17.6 Å². The summed E-state index contributed by atoms with van der Waals surface area (Å²) >= 11 is 0. The molecular weight excluding hydrogens is 398 g/mol. The first-order valence-electron chi connectivity index (χ1n) is 11.9. The van der Waals surface area contributed by atoms with Crippen molar-refractivity contribution in [1.29, 1.82) is 0 Å². The van der Waals surface area contributed by atoms with Gasteiger partial charge in [0.2, 0.25) is 11.9 Å². The molecule has 1 heterocycles. The van der Waals surface area contributed by atoms with Gasteiger partial charge in [-0.3, -0.25) is 4.79 Å². The van der Waals surface area contributed by atoms with Crippen LogP contribution in [-0.4, -0.2) is 42.6 Å². The van der Waals surface area contributed by atoms with Crippen molar-refractivity contribution in [3.05, 3.63) is 53.2 Å². The van der Waals surface area contributed by atoms with Crippen LogP contribution in [0.5, 0.6) is 0 Å². The molecule has 1 fully saturated rings. The van der Waals surface area contributed by atoms with Gasteiger partial charge in [0.15, 0.2) is 0 Å². The quantitative estimate of drug-likeness (QED) is 0.640. The second kappa shape index (κ2) is 10.6. The molecule has 2 N–H and O–H groups in total. The van der Waals surface area contributed by atoms with Crippen LogP contribution < -0.4 is 15.5 Å². The fourth-order valence-corrected chi connectivity index (χ4v) is 4.74. The number of hydrogen-bond acceptors (Lipinski definition) is 5. The maximum Gasteiger partial charge on any atom is 0.244 e. The smallest absolute Gasteiger partial charge is 0.244 e. The van der Waals surface area contributed by atoms with Crippen LogP contribution in [0.25, 0.3) is 6.08 Å². The third-order valence-electron chi connectivity index (χ3n) is 6.56. The van der Waals surface area contributed by atoms with E-state index in [1.807, 2.05) is 36.4 Å². The third kappa shape index (κ3) is 5.87. The van der Waals surface area contributed by atoms with Gasteiger partial charge in [-0.1, -0.05) is 30.3 Å². The average molecular weight is 434 g/mol. The summed E-state index contributed by atoms with van der Waals surface area (Å²) in [5.74, 6) is 2.35. The highest BCUT2D eigenvalue weighted by molar-refractivity contribution is 5.91. The molecule has 0 spiro atoms. The monoisotopic (exact) mass is 433 g/mol. The van der Waals surface area contributed by atoms with E-state index in [2.05, 4.69) is 29.6 Å². The Morgan fingerprint density at radius 3 is 2.56 bits per heavy atom. The number of fused-ring (bicyclic) bond motifs is 1. The Morgan fingerprint density at radius 2 is 1.81 bits per heavy atom. The second-order valence-corrected chi connectivity index (χ2v) is 9.25. The third-order valence-corrected chi connectivity index (χ3v) is 6.56. The van der Waals surface area contributed by atoms with E-state index in [0.29, 0.717) is 12.0 Å². The number of anilines is 2. The number of carbonyl (C=O) groups excluding carboxylic acids is 1. The fourth-order valence-electron chi connectivity index (χ4n) is 4.74. The van der Waals surface area contributed by atoms with Crippen LogP contribution in [0.2, 0.25) is 0 Å². The molecule has 0 unspecified atom stereocenters. The zero-order chi connectivity index (χ0) is 22.3. The van der Waals surface area contributed by atoms with Crippen molar-refractivity contribution in [2.75, 3.05) is 30.9 Å². The Hall–Kier alpha value is -2.89. The maximum atomic E-state index is 12.1. The van der Waals surface area contributed by atoms with Crippen LogP contribution >= 0.6 is 0 Å². The number of rotatable bonds is 7. The normalized spacial score (nSPS) is 20.6. The SMILES string of the molecule is CN(C)c1nc(NC2CCC(CNC(=O)/C=C/c3ccccc3)CC2)nc2c1CCCC2. The summed E-state index contributed by atoms with van der Waals surface area (Å²) in [5, 5.41) is 6.67. The predicted octanol–water partition coefficient (Wildman–Crippen LogP) is 4.22. The first-order valence-corrected chi connectivity index (χ1v) is 11.9. The Kier molecular flexibility index (Phi) is 7.40. The van der Waals surface area contributed by atoms with E-state index >= 15 is 0 Å². The molecule has 170 valence electrons. The number of amides is 1. The summed E-state index contributed by atoms with van der Waals surface area (Å²) in [7, 11) is 4.13. The van der Waals surface area contributed by atoms with E-state index in [-0.39, 0.29) is 5.91 Å². The highest BCUT2D eigenvalue weighted by atomic mass is 16.1. The van der Waals surface area contributed by atoms with Crippen LogP contribution in [0.4, 0.5) is 11.8 Å². The van der Waals surface area contributed by atoms with Crippen molar-refractivity contribution < 1.29 is 4.79 Å². The molecule has 4 rings (SSSR count). The number of benzene rings is 1. The summed E-state index contributed by atoms with van der Waals surface area (Å²) in [5.41, 5.74) is 3.58. The minimum Gasteiger partial charge on any atom is -0.362 e. The van der Waals surface area contributed by atoms with Crippen molar-refractivity contribution >= 4 is 23.7 Å². The van der Waals surface area contributed by atoms with Gasteiger partial charge in [0.05, 0.1) is 5.69 Å². The molecule has 0 aliphatic heterocycles. The molecule has 1 saturated carbocycles. The van der Waals surface area contributed by atoms with Gasteiger partial charge in [0.1, 0.15) is 5.82 Å². The van der Waals surface area contributed by atoms with Crippen molar-refractivity contribution in [3.8, 4) is 0 Å². The van der Waals surface area contributed by atoms with E-state index in [9.17, 15) is 4.79 Å². The Bertz CT molecular complexity index is 933. The average Bonchev–Trinajstić information content (AvgIpc) is 2.82. The molecule has 1 aromatic carbocycles. The van der Waals surface area contributed by atoms with Crippen LogP contribution in [0.1, 0.15) is 55.3 Å². The number of nitrogens with one attached hydrogen (secondary N) is 2. The molecule has 2 aliphatic rings. The van der Waals surface area contributed by atoms with Gasteiger partial charge in [-0.25, -0.2) is 4.98 Å². The van der Waals surface area contributed by atoms with Crippen molar-refractivity contribution in [3.63, 3.8) is 0 Å². The fraction of sp³-hybridized carbons (Fsp3) is 0.500. The van der Waals surface area contributed by atoms with E-state index in [1.54, 1.807) is 6.08 Å². The number of carbonyl (C=O) groups is 1. The Balaban J connectivity index is 1.25. The maximum absolute atomic E-state index is 12.1. The lowest BCUT2D eigenvalue weighted by Gasteiger charge is -2.30. The molecule has 6 nitrogen and oxygen atoms in total. The molecule has 1 amide bonds. The highest BCUT2D eigenvalue weighted by Gasteiger charge is 2.24. The summed E-state index contributed by atoms with van der Waals surface area (Å²) in [6.45, 7) is 0.741. The number of hydrogen-bond donors (Lipinski definition) is 2. The predicted molar refractivity (Wildman–Crippen MR) is 131 cm³/mol. The Labute approximate surface area is 191 Å². The minimum absolute atomic E-state index is 0.0206. The van der Waals surface area contributed by atoms with Gasteiger partial charge >= 0.3 is 0 Å². The lowest BCUT2D eigenvalue weighted by atomic mass is 9.86.